The smallest absolute Gasteiger partial charge is 0.183 e. The zero-order chi connectivity index (χ0) is 9.80. The number of hydrogen-bond donors (Lipinski definition) is 1. The molecule has 0 amide bonds. The molecule has 3 heteroatoms. The zero-order valence-corrected chi connectivity index (χ0v) is 7.93. The molecule has 76 valence electrons. The van der Waals surface area contributed by atoms with Crippen molar-refractivity contribution in [1.82, 2.24) is 0 Å². The lowest BCUT2D eigenvalue weighted by molar-refractivity contribution is -0.157. The molecule has 1 aromatic carbocycles. The van der Waals surface area contributed by atoms with Crippen LogP contribution in [0.4, 0.5) is 0 Å². The molecule has 0 unspecified atom stereocenters. The van der Waals surface area contributed by atoms with Crippen LogP contribution >= 0.6 is 0 Å². The predicted octanol–water partition coefficient (Wildman–Crippen LogP) is 1.31. The van der Waals surface area contributed by atoms with Crippen molar-refractivity contribution in [2.45, 2.75) is 25.4 Å². The Morgan fingerprint density at radius 3 is 2.79 bits per heavy atom. The van der Waals surface area contributed by atoms with Crippen molar-refractivity contribution >= 4 is 0 Å². The van der Waals surface area contributed by atoms with E-state index in [1.165, 1.54) is 0 Å². The molecule has 0 saturated carbocycles. The molecule has 0 aromatic heterocycles. The van der Waals surface area contributed by atoms with E-state index in [2.05, 4.69) is 0 Å². The van der Waals surface area contributed by atoms with Gasteiger partial charge in [0.15, 0.2) is 6.29 Å². The molecule has 1 aliphatic heterocycles. The van der Waals surface area contributed by atoms with Crippen molar-refractivity contribution in [2.24, 2.45) is 0 Å². The minimum Gasteiger partial charge on any atom is -0.388 e. The molecule has 1 heterocycles. The number of rotatable bonds is 3. The number of benzene rings is 1. The first kappa shape index (κ1) is 9.65. The van der Waals surface area contributed by atoms with Crippen LogP contribution in [-0.4, -0.2) is 24.1 Å². The summed E-state index contributed by atoms with van der Waals surface area (Å²) in [4.78, 5) is 0. The van der Waals surface area contributed by atoms with Gasteiger partial charge >= 0.3 is 0 Å². The fourth-order valence-electron chi connectivity index (χ4n) is 1.46. The first-order valence-electron chi connectivity index (χ1n) is 4.81. The van der Waals surface area contributed by atoms with E-state index in [4.69, 9.17) is 9.47 Å². The average Bonchev–Trinajstić information content (AvgIpc) is 2.63. The van der Waals surface area contributed by atoms with Crippen molar-refractivity contribution in [3.8, 4) is 0 Å². The minimum atomic E-state index is -0.473. The Balaban J connectivity index is 1.82. The highest BCUT2D eigenvalue weighted by Gasteiger charge is 2.26. The maximum atomic E-state index is 9.42. The molecule has 2 atom stereocenters. The maximum Gasteiger partial charge on any atom is 0.183 e. The summed E-state index contributed by atoms with van der Waals surface area (Å²) in [5, 5.41) is 9.42. The fraction of sp³-hybridized carbons (Fsp3) is 0.455. The Hall–Kier alpha value is -0.900. The predicted molar refractivity (Wildman–Crippen MR) is 51.6 cm³/mol. The van der Waals surface area contributed by atoms with Gasteiger partial charge in [-0.1, -0.05) is 30.3 Å². The van der Waals surface area contributed by atoms with Gasteiger partial charge in [0.25, 0.3) is 0 Å². The lowest BCUT2D eigenvalue weighted by Crippen LogP contribution is -2.23. The highest BCUT2D eigenvalue weighted by Crippen LogP contribution is 2.16. The average molecular weight is 194 g/mol. The first-order chi connectivity index (χ1) is 6.86. The summed E-state index contributed by atoms with van der Waals surface area (Å²) in [5.74, 6) is 0. The molecule has 0 bridgehead atoms. The second kappa shape index (κ2) is 4.55. The van der Waals surface area contributed by atoms with Crippen molar-refractivity contribution < 1.29 is 14.6 Å². The zero-order valence-electron chi connectivity index (χ0n) is 7.93. The second-order valence-corrected chi connectivity index (χ2v) is 3.39. The second-order valence-electron chi connectivity index (χ2n) is 3.39. The van der Waals surface area contributed by atoms with Gasteiger partial charge in [-0.25, -0.2) is 0 Å². The number of ether oxygens (including phenoxy) is 2. The standard InChI is InChI=1S/C11H14O3/c12-10-6-7-13-11(10)14-8-9-4-2-1-3-5-9/h1-5,10-12H,6-8H2/t10-,11+/m1/s1. The van der Waals surface area contributed by atoms with E-state index >= 15 is 0 Å². The Morgan fingerprint density at radius 1 is 1.36 bits per heavy atom. The van der Waals surface area contributed by atoms with Crippen LogP contribution in [0.3, 0.4) is 0 Å². The first-order valence-corrected chi connectivity index (χ1v) is 4.81. The highest BCUT2D eigenvalue weighted by molar-refractivity contribution is 5.13. The van der Waals surface area contributed by atoms with E-state index in [0.717, 1.165) is 5.56 Å². The van der Waals surface area contributed by atoms with Gasteiger partial charge in [0, 0.05) is 6.42 Å². The summed E-state index contributed by atoms with van der Waals surface area (Å²) in [6.07, 6.45) is -0.256. The molecule has 2 rings (SSSR count). The summed E-state index contributed by atoms with van der Waals surface area (Å²) < 4.78 is 10.6. The van der Waals surface area contributed by atoms with Gasteiger partial charge in [0.2, 0.25) is 0 Å². The molecule has 1 aromatic rings. The Labute approximate surface area is 83.3 Å². The summed E-state index contributed by atoms with van der Waals surface area (Å²) in [6.45, 7) is 1.07. The van der Waals surface area contributed by atoms with Crippen LogP contribution in [0, 0.1) is 0 Å². The lowest BCUT2D eigenvalue weighted by Gasteiger charge is -2.14. The van der Waals surface area contributed by atoms with Crippen molar-refractivity contribution in [1.29, 1.82) is 0 Å². The van der Waals surface area contributed by atoms with E-state index in [9.17, 15) is 5.11 Å². The third-order valence-corrected chi connectivity index (χ3v) is 2.27. The van der Waals surface area contributed by atoms with Crippen molar-refractivity contribution in [2.75, 3.05) is 6.61 Å². The van der Waals surface area contributed by atoms with Gasteiger partial charge in [-0.15, -0.1) is 0 Å². The Kier molecular flexibility index (Phi) is 3.14. The minimum absolute atomic E-state index is 0.449. The maximum absolute atomic E-state index is 9.42. The number of hydrogen-bond acceptors (Lipinski definition) is 3. The molecule has 1 N–H and O–H groups in total. The molecule has 14 heavy (non-hydrogen) atoms. The third kappa shape index (κ3) is 2.32. The van der Waals surface area contributed by atoms with Gasteiger partial charge in [-0.3, -0.25) is 0 Å². The summed E-state index contributed by atoms with van der Waals surface area (Å²) >= 11 is 0. The molecule has 0 radical (unpaired) electrons. The van der Waals surface area contributed by atoms with E-state index in [0.29, 0.717) is 19.6 Å². The van der Waals surface area contributed by atoms with Crippen LogP contribution in [0.2, 0.25) is 0 Å². The number of aliphatic hydroxyl groups is 1. The molecule has 0 spiro atoms. The van der Waals surface area contributed by atoms with Crippen LogP contribution in [0.25, 0.3) is 0 Å². The molecular weight excluding hydrogens is 180 g/mol. The monoisotopic (exact) mass is 194 g/mol. The van der Waals surface area contributed by atoms with Gasteiger partial charge in [-0.05, 0) is 5.56 Å². The van der Waals surface area contributed by atoms with Crippen LogP contribution < -0.4 is 0 Å². The van der Waals surface area contributed by atoms with Gasteiger partial charge < -0.3 is 14.6 Å². The van der Waals surface area contributed by atoms with Gasteiger partial charge in [0.05, 0.1) is 13.2 Å². The summed E-state index contributed by atoms with van der Waals surface area (Å²) in [7, 11) is 0. The summed E-state index contributed by atoms with van der Waals surface area (Å²) in [5.41, 5.74) is 1.09. The van der Waals surface area contributed by atoms with E-state index in [1.807, 2.05) is 30.3 Å². The van der Waals surface area contributed by atoms with Crippen LogP contribution in [0.1, 0.15) is 12.0 Å². The van der Waals surface area contributed by atoms with Gasteiger partial charge in [-0.2, -0.15) is 0 Å². The Bertz CT molecular complexity index is 273. The quantitative estimate of drug-likeness (QED) is 0.788. The van der Waals surface area contributed by atoms with Crippen LogP contribution in [0.5, 0.6) is 0 Å². The third-order valence-electron chi connectivity index (χ3n) is 2.27. The summed E-state index contributed by atoms with van der Waals surface area (Å²) in [6, 6.07) is 9.86. The topological polar surface area (TPSA) is 38.7 Å². The van der Waals surface area contributed by atoms with Crippen molar-refractivity contribution in [3.63, 3.8) is 0 Å². The lowest BCUT2D eigenvalue weighted by atomic mass is 10.2. The molecule has 0 aliphatic carbocycles. The largest absolute Gasteiger partial charge is 0.388 e. The van der Waals surface area contributed by atoms with Gasteiger partial charge in [0.1, 0.15) is 6.10 Å². The Morgan fingerprint density at radius 2 is 2.14 bits per heavy atom. The normalized spacial score (nSPS) is 26.6. The highest BCUT2D eigenvalue weighted by atomic mass is 16.7. The van der Waals surface area contributed by atoms with E-state index < -0.39 is 12.4 Å². The molecule has 1 fully saturated rings. The molecular formula is C11H14O3. The van der Waals surface area contributed by atoms with Crippen LogP contribution in [0.15, 0.2) is 30.3 Å². The number of aliphatic hydroxyl groups excluding tert-OH is 1. The fourth-order valence-corrected chi connectivity index (χ4v) is 1.46. The van der Waals surface area contributed by atoms with Crippen molar-refractivity contribution in [3.05, 3.63) is 35.9 Å². The van der Waals surface area contributed by atoms with E-state index in [1.54, 1.807) is 0 Å². The molecule has 1 aliphatic rings. The SMILES string of the molecule is O[C@@H]1CCO[C@H]1OCc1ccccc1. The van der Waals surface area contributed by atoms with Crippen LogP contribution in [-0.2, 0) is 16.1 Å². The molecule has 3 nitrogen and oxygen atoms in total. The van der Waals surface area contributed by atoms with E-state index in [-0.39, 0.29) is 0 Å². The molecule has 1 saturated heterocycles.